The van der Waals surface area contributed by atoms with Gasteiger partial charge in [0.25, 0.3) is 0 Å². The van der Waals surface area contributed by atoms with Crippen LogP contribution in [0.3, 0.4) is 0 Å². The molecule has 0 aromatic heterocycles. The standard InChI is InChI=1S/C35H62N4O5S/c1-5-19-38(20-6-2)35(42)30-23-27(8-4)22-29(25-30)34(41)36-32(24-28-15-11-9-12-16-28)33(40)26-39(21-7-3)37-45(43,44)31-17-13-10-14-18-31/h4,27-33,37,40H,5-7,9-26H2,1-3H3,(H,36,41). The van der Waals surface area contributed by atoms with Gasteiger partial charge in [-0.2, -0.15) is 0 Å². The number of aliphatic hydroxyl groups excluding tert-OH is 1. The zero-order valence-electron chi connectivity index (χ0n) is 28.4. The van der Waals surface area contributed by atoms with Crippen LogP contribution in [0.15, 0.2) is 0 Å². The third-order valence-corrected chi connectivity index (χ3v) is 12.1. The molecular formula is C35H62N4O5S. The number of hydrogen-bond acceptors (Lipinski definition) is 6. The second-order valence-corrected chi connectivity index (χ2v) is 16.0. The Kier molecular flexibility index (Phi) is 16.1. The van der Waals surface area contributed by atoms with Gasteiger partial charge in [-0.1, -0.05) is 72.1 Å². The molecule has 3 saturated carbocycles. The molecule has 258 valence electrons. The summed E-state index contributed by atoms with van der Waals surface area (Å²) in [4.78, 5) is 32.2. The fourth-order valence-corrected chi connectivity index (χ4v) is 9.45. The average Bonchev–Trinajstić information content (AvgIpc) is 3.04. The van der Waals surface area contributed by atoms with Crippen molar-refractivity contribution in [1.29, 1.82) is 0 Å². The zero-order chi connectivity index (χ0) is 32.8. The maximum Gasteiger partial charge on any atom is 0.227 e. The third-order valence-electron chi connectivity index (χ3n) is 10.2. The maximum absolute atomic E-state index is 13.9. The number of aliphatic hydroxyl groups is 1. The van der Waals surface area contributed by atoms with Crippen molar-refractivity contribution < 1.29 is 23.1 Å². The van der Waals surface area contributed by atoms with Gasteiger partial charge in [-0.05, 0) is 63.7 Å². The molecule has 10 heteroatoms. The summed E-state index contributed by atoms with van der Waals surface area (Å²) < 4.78 is 26.5. The summed E-state index contributed by atoms with van der Waals surface area (Å²) in [6, 6.07) is -0.517. The fraction of sp³-hybridized carbons (Fsp3) is 0.886. The van der Waals surface area contributed by atoms with E-state index in [1.807, 2.05) is 11.8 Å². The SMILES string of the molecule is C#CC1CC(C(=O)NC(CC2CCCCC2)C(O)CN(CCC)NS(=O)(=O)C2CCCCC2)CC(C(=O)N(CCC)CCC)C1. The number of nitrogens with zero attached hydrogens (tertiary/aromatic N) is 2. The minimum absolute atomic E-state index is 0.0932. The van der Waals surface area contributed by atoms with Gasteiger partial charge in [0, 0.05) is 43.9 Å². The summed E-state index contributed by atoms with van der Waals surface area (Å²) in [5.74, 6) is 2.33. The van der Waals surface area contributed by atoms with Gasteiger partial charge in [-0.15, -0.1) is 17.2 Å². The number of nitrogens with one attached hydrogen (secondary N) is 2. The molecule has 45 heavy (non-hydrogen) atoms. The average molecular weight is 651 g/mol. The summed E-state index contributed by atoms with van der Waals surface area (Å²) in [5.41, 5.74) is 0. The van der Waals surface area contributed by atoms with Crippen molar-refractivity contribution in [2.45, 2.75) is 147 Å². The minimum Gasteiger partial charge on any atom is -0.390 e. The number of sulfonamides is 1. The Hall–Kier alpha value is -1.67. The highest BCUT2D eigenvalue weighted by molar-refractivity contribution is 7.90. The second kappa shape index (κ2) is 19.2. The molecule has 3 N–H and O–H groups in total. The van der Waals surface area contributed by atoms with Crippen LogP contribution >= 0.6 is 0 Å². The Labute approximate surface area is 274 Å². The lowest BCUT2D eigenvalue weighted by Gasteiger charge is -2.37. The molecule has 0 heterocycles. The lowest BCUT2D eigenvalue weighted by atomic mass is 9.74. The summed E-state index contributed by atoms with van der Waals surface area (Å²) in [6.45, 7) is 8.09. The number of terminal acetylenes is 1. The van der Waals surface area contributed by atoms with E-state index in [4.69, 9.17) is 6.42 Å². The molecular weight excluding hydrogens is 588 g/mol. The molecule has 0 aromatic carbocycles. The van der Waals surface area contributed by atoms with Gasteiger partial charge in [0.1, 0.15) is 0 Å². The number of carbonyl (C=O) groups excluding carboxylic acids is 2. The van der Waals surface area contributed by atoms with E-state index in [0.29, 0.717) is 64.1 Å². The topological polar surface area (TPSA) is 119 Å². The molecule has 5 unspecified atom stereocenters. The maximum atomic E-state index is 13.9. The van der Waals surface area contributed by atoms with Crippen LogP contribution in [0.1, 0.15) is 130 Å². The molecule has 3 aliphatic carbocycles. The highest BCUT2D eigenvalue weighted by Crippen LogP contribution is 2.35. The highest BCUT2D eigenvalue weighted by atomic mass is 32.2. The molecule has 0 saturated heterocycles. The van der Waals surface area contributed by atoms with E-state index in [9.17, 15) is 23.1 Å². The summed E-state index contributed by atoms with van der Waals surface area (Å²) in [6.07, 6.45) is 19.5. The van der Waals surface area contributed by atoms with Crippen LogP contribution in [-0.4, -0.2) is 78.8 Å². The number of rotatable bonds is 17. The first-order valence-corrected chi connectivity index (χ1v) is 19.7. The molecule has 0 bridgehead atoms. The predicted molar refractivity (Wildman–Crippen MR) is 180 cm³/mol. The summed E-state index contributed by atoms with van der Waals surface area (Å²) in [7, 11) is -3.56. The second-order valence-electron chi connectivity index (χ2n) is 14.1. The van der Waals surface area contributed by atoms with Crippen LogP contribution in [0.4, 0.5) is 0 Å². The smallest absolute Gasteiger partial charge is 0.227 e. The van der Waals surface area contributed by atoms with E-state index in [2.05, 4.69) is 29.9 Å². The van der Waals surface area contributed by atoms with Crippen LogP contribution in [-0.2, 0) is 19.6 Å². The molecule has 0 aromatic rings. The molecule has 5 atom stereocenters. The molecule has 0 radical (unpaired) electrons. The first-order valence-electron chi connectivity index (χ1n) is 18.1. The molecule has 3 fully saturated rings. The van der Waals surface area contributed by atoms with E-state index in [1.54, 1.807) is 5.01 Å². The van der Waals surface area contributed by atoms with E-state index in [1.165, 1.54) is 6.42 Å². The van der Waals surface area contributed by atoms with E-state index >= 15 is 0 Å². The summed E-state index contributed by atoms with van der Waals surface area (Å²) >= 11 is 0. The van der Waals surface area contributed by atoms with Gasteiger partial charge < -0.3 is 15.3 Å². The molecule has 2 amide bonds. The Morgan fingerprint density at radius 3 is 2.02 bits per heavy atom. The molecule has 0 spiro atoms. The lowest BCUT2D eigenvalue weighted by molar-refractivity contribution is -0.139. The zero-order valence-corrected chi connectivity index (χ0v) is 29.2. The van der Waals surface area contributed by atoms with Crippen molar-refractivity contribution >= 4 is 21.8 Å². The molecule has 9 nitrogen and oxygen atoms in total. The highest BCUT2D eigenvalue weighted by Gasteiger charge is 2.39. The van der Waals surface area contributed by atoms with Gasteiger partial charge in [-0.25, -0.2) is 13.4 Å². The van der Waals surface area contributed by atoms with Crippen molar-refractivity contribution in [1.82, 2.24) is 20.1 Å². The Bertz CT molecular complexity index is 1040. The monoisotopic (exact) mass is 650 g/mol. The number of carbonyl (C=O) groups is 2. The number of hydrogen-bond donors (Lipinski definition) is 3. The van der Waals surface area contributed by atoms with Gasteiger partial charge >= 0.3 is 0 Å². The third kappa shape index (κ3) is 11.8. The van der Waals surface area contributed by atoms with Crippen LogP contribution < -0.4 is 10.1 Å². The largest absolute Gasteiger partial charge is 0.390 e. The molecule has 0 aliphatic heterocycles. The van der Waals surface area contributed by atoms with Crippen LogP contribution in [0.25, 0.3) is 0 Å². The molecule has 3 rings (SSSR count). The van der Waals surface area contributed by atoms with Crippen molar-refractivity contribution in [3.05, 3.63) is 0 Å². The number of amides is 2. The lowest BCUT2D eigenvalue weighted by Crippen LogP contribution is -2.55. The fourth-order valence-electron chi connectivity index (χ4n) is 7.82. The molecule has 3 aliphatic rings. The van der Waals surface area contributed by atoms with Crippen molar-refractivity contribution in [2.75, 3.05) is 26.2 Å². The summed E-state index contributed by atoms with van der Waals surface area (Å²) in [5, 5.41) is 16.1. The van der Waals surface area contributed by atoms with Gasteiger partial charge in [0.05, 0.1) is 17.4 Å². The minimum atomic E-state index is -3.56. The van der Waals surface area contributed by atoms with Crippen LogP contribution in [0, 0.1) is 36.0 Å². The van der Waals surface area contributed by atoms with Crippen LogP contribution in [0.5, 0.6) is 0 Å². The first-order chi connectivity index (χ1) is 21.6. The van der Waals surface area contributed by atoms with E-state index in [0.717, 1.165) is 64.2 Å². The van der Waals surface area contributed by atoms with Crippen molar-refractivity contribution in [3.63, 3.8) is 0 Å². The van der Waals surface area contributed by atoms with Crippen LogP contribution in [0.2, 0.25) is 0 Å². The quantitative estimate of drug-likeness (QED) is 0.151. The Balaban J connectivity index is 1.74. The first kappa shape index (κ1) is 37.8. The number of hydrazine groups is 1. The van der Waals surface area contributed by atoms with Crippen molar-refractivity contribution in [3.8, 4) is 12.3 Å². The van der Waals surface area contributed by atoms with Gasteiger partial charge in [0.15, 0.2) is 0 Å². The van der Waals surface area contributed by atoms with Gasteiger partial charge in [-0.3, -0.25) is 9.59 Å². The Morgan fingerprint density at radius 1 is 0.867 bits per heavy atom. The predicted octanol–water partition coefficient (Wildman–Crippen LogP) is 5.00. The Morgan fingerprint density at radius 2 is 1.44 bits per heavy atom. The van der Waals surface area contributed by atoms with E-state index in [-0.39, 0.29) is 30.2 Å². The van der Waals surface area contributed by atoms with E-state index < -0.39 is 33.3 Å². The normalized spacial score (nSPS) is 24.9. The van der Waals surface area contributed by atoms with Crippen molar-refractivity contribution in [2.24, 2.45) is 23.7 Å². The van der Waals surface area contributed by atoms with Gasteiger partial charge in [0.2, 0.25) is 21.8 Å².